The average molecular weight is 344 g/mol. The highest BCUT2D eigenvalue weighted by molar-refractivity contribution is 5.86. The first-order chi connectivity index (χ1) is 10.9. The van der Waals surface area contributed by atoms with Gasteiger partial charge in [-0.3, -0.25) is 5.32 Å². The number of benzene rings is 1. The van der Waals surface area contributed by atoms with Crippen molar-refractivity contribution in [2.75, 3.05) is 12.4 Å². The number of carbonyl (C=O) groups is 1. The third-order valence-electron chi connectivity index (χ3n) is 3.99. The second-order valence-electron chi connectivity index (χ2n) is 7.20. The van der Waals surface area contributed by atoms with Crippen LogP contribution in [0.3, 0.4) is 0 Å². The molecule has 4 nitrogen and oxygen atoms in total. The van der Waals surface area contributed by atoms with E-state index in [0.29, 0.717) is 12.0 Å². The summed E-state index contributed by atoms with van der Waals surface area (Å²) in [4.78, 5) is 12.0. The van der Waals surface area contributed by atoms with Crippen LogP contribution in [0.1, 0.15) is 44.7 Å². The van der Waals surface area contributed by atoms with Crippen LogP contribution in [0.25, 0.3) is 0 Å². The van der Waals surface area contributed by atoms with Crippen molar-refractivity contribution >= 4 is 11.8 Å². The highest BCUT2D eigenvalue weighted by Gasteiger charge is 2.41. The fourth-order valence-electron chi connectivity index (χ4n) is 2.47. The lowest BCUT2D eigenvalue weighted by atomic mass is 10.00. The summed E-state index contributed by atoms with van der Waals surface area (Å²) < 4.78 is 44.1. The fraction of sp³-hybridized carbons (Fsp3) is 0.588. The van der Waals surface area contributed by atoms with Gasteiger partial charge in [0.2, 0.25) is 0 Å². The summed E-state index contributed by atoms with van der Waals surface area (Å²) in [5.74, 6) is 0. The van der Waals surface area contributed by atoms with E-state index in [2.05, 4.69) is 10.6 Å². The molecule has 24 heavy (non-hydrogen) atoms. The van der Waals surface area contributed by atoms with Gasteiger partial charge in [-0.15, -0.1) is 0 Å². The Morgan fingerprint density at radius 3 is 2.33 bits per heavy atom. The first-order valence-corrected chi connectivity index (χ1v) is 7.83. The quantitative estimate of drug-likeness (QED) is 0.854. The van der Waals surface area contributed by atoms with Crippen molar-refractivity contribution in [2.45, 2.75) is 57.3 Å². The third kappa shape index (κ3) is 4.87. The first kappa shape index (κ1) is 18.6. The maximum atomic E-state index is 13.0. The maximum Gasteiger partial charge on any atom is 0.416 e. The second-order valence-corrected chi connectivity index (χ2v) is 7.20. The van der Waals surface area contributed by atoms with Crippen molar-refractivity contribution in [2.24, 2.45) is 0 Å². The van der Waals surface area contributed by atoms with Gasteiger partial charge in [0.1, 0.15) is 5.60 Å². The van der Waals surface area contributed by atoms with Gasteiger partial charge >= 0.3 is 12.3 Å². The molecule has 0 spiro atoms. The van der Waals surface area contributed by atoms with Gasteiger partial charge in [0.15, 0.2) is 0 Å². The van der Waals surface area contributed by atoms with E-state index in [4.69, 9.17) is 4.74 Å². The molecule has 0 unspecified atom stereocenters. The van der Waals surface area contributed by atoms with Gasteiger partial charge in [0, 0.05) is 11.2 Å². The predicted molar refractivity (Wildman–Crippen MR) is 86.0 cm³/mol. The monoisotopic (exact) mass is 344 g/mol. The van der Waals surface area contributed by atoms with Crippen LogP contribution in [0.4, 0.5) is 23.7 Å². The molecule has 1 aromatic carbocycles. The normalized spacial score (nSPS) is 16.6. The Kier molecular flexibility index (Phi) is 4.86. The number of halogens is 3. The Labute approximate surface area is 139 Å². The number of nitrogens with one attached hydrogen (secondary N) is 2. The van der Waals surface area contributed by atoms with Crippen LogP contribution in [0.15, 0.2) is 18.2 Å². The molecule has 1 aliphatic carbocycles. The molecule has 0 atom stereocenters. The molecule has 0 radical (unpaired) electrons. The molecule has 2 rings (SSSR count). The van der Waals surface area contributed by atoms with Gasteiger partial charge in [-0.1, -0.05) is 6.07 Å². The molecule has 1 fully saturated rings. The molecule has 1 aromatic rings. The summed E-state index contributed by atoms with van der Waals surface area (Å²) in [5, 5.41) is 5.66. The molecular formula is C17H23F3N2O2. The number of rotatable bonds is 4. The molecule has 7 heteroatoms. The average Bonchev–Trinajstić information content (AvgIpc) is 3.17. The Bertz CT molecular complexity index is 617. The van der Waals surface area contributed by atoms with Gasteiger partial charge in [-0.05, 0) is 64.8 Å². The topological polar surface area (TPSA) is 50.4 Å². The number of amides is 1. The number of hydrogen-bond acceptors (Lipinski definition) is 3. The molecule has 0 aromatic heterocycles. The van der Waals surface area contributed by atoms with Crippen LogP contribution in [0.5, 0.6) is 0 Å². The van der Waals surface area contributed by atoms with Crippen LogP contribution >= 0.6 is 0 Å². The molecule has 1 amide bonds. The third-order valence-corrected chi connectivity index (χ3v) is 3.99. The van der Waals surface area contributed by atoms with E-state index in [1.165, 1.54) is 6.07 Å². The fourth-order valence-corrected chi connectivity index (χ4v) is 2.47. The number of likely N-dealkylation sites (N-methyl/N-ethyl adjacent to an activating group) is 1. The first-order valence-electron chi connectivity index (χ1n) is 7.83. The van der Waals surface area contributed by atoms with E-state index in [9.17, 15) is 18.0 Å². The van der Waals surface area contributed by atoms with Crippen molar-refractivity contribution < 1.29 is 22.7 Å². The lowest BCUT2D eigenvalue weighted by Crippen LogP contribution is -2.31. The van der Waals surface area contributed by atoms with Crippen molar-refractivity contribution in [3.8, 4) is 0 Å². The van der Waals surface area contributed by atoms with E-state index in [-0.39, 0.29) is 11.2 Å². The molecule has 0 heterocycles. The van der Waals surface area contributed by atoms with E-state index in [0.717, 1.165) is 25.0 Å². The minimum atomic E-state index is -4.47. The van der Waals surface area contributed by atoms with Crippen LogP contribution in [-0.2, 0) is 17.3 Å². The summed E-state index contributed by atoms with van der Waals surface area (Å²) in [6, 6.07) is 3.43. The summed E-state index contributed by atoms with van der Waals surface area (Å²) in [5.41, 5.74) is -0.827. The number of anilines is 1. The number of ether oxygens (including phenoxy) is 1. The highest BCUT2D eigenvalue weighted by atomic mass is 19.4. The molecule has 1 aliphatic rings. The Balaban J connectivity index is 2.28. The van der Waals surface area contributed by atoms with Crippen molar-refractivity contribution in [3.63, 3.8) is 0 Å². The largest absolute Gasteiger partial charge is 0.444 e. The van der Waals surface area contributed by atoms with Crippen molar-refractivity contribution in [1.29, 1.82) is 0 Å². The standard InChI is InChI=1S/C17H23F3N2O2/c1-15(2,3)24-14(23)22-13-9-12(17(18,19)20)6-5-11(13)10-16(21-4)7-8-16/h5-6,9,21H,7-8,10H2,1-4H3,(H,22,23). The van der Waals surface area contributed by atoms with Crippen LogP contribution in [-0.4, -0.2) is 24.3 Å². The Hall–Kier alpha value is -1.76. The van der Waals surface area contributed by atoms with Gasteiger partial charge < -0.3 is 10.1 Å². The zero-order valence-corrected chi connectivity index (χ0v) is 14.3. The van der Waals surface area contributed by atoms with E-state index in [1.807, 2.05) is 7.05 Å². The van der Waals surface area contributed by atoms with E-state index >= 15 is 0 Å². The lowest BCUT2D eigenvalue weighted by Gasteiger charge is -2.22. The summed E-state index contributed by atoms with van der Waals surface area (Å²) in [6.45, 7) is 5.08. The molecule has 0 bridgehead atoms. The molecule has 0 saturated heterocycles. The van der Waals surface area contributed by atoms with Gasteiger partial charge in [0.05, 0.1) is 5.56 Å². The molecular weight excluding hydrogens is 321 g/mol. The van der Waals surface area contributed by atoms with Crippen LogP contribution < -0.4 is 10.6 Å². The highest BCUT2D eigenvalue weighted by Crippen LogP contribution is 2.41. The van der Waals surface area contributed by atoms with Crippen LogP contribution in [0, 0.1) is 0 Å². The van der Waals surface area contributed by atoms with Crippen LogP contribution in [0.2, 0.25) is 0 Å². The zero-order valence-electron chi connectivity index (χ0n) is 14.3. The molecule has 1 saturated carbocycles. The lowest BCUT2D eigenvalue weighted by molar-refractivity contribution is -0.137. The van der Waals surface area contributed by atoms with Crippen molar-refractivity contribution in [1.82, 2.24) is 5.32 Å². The summed E-state index contributed by atoms with van der Waals surface area (Å²) in [6.07, 6.45) is -2.78. The minimum absolute atomic E-state index is 0.0931. The Morgan fingerprint density at radius 2 is 1.88 bits per heavy atom. The summed E-state index contributed by atoms with van der Waals surface area (Å²) >= 11 is 0. The van der Waals surface area contributed by atoms with Gasteiger partial charge in [-0.2, -0.15) is 13.2 Å². The van der Waals surface area contributed by atoms with E-state index in [1.54, 1.807) is 20.8 Å². The number of alkyl halides is 3. The van der Waals surface area contributed by atoms with Crippen molar-refractivity contribution in [3.05, 3.63) is 29.3 Å². The summed E-state index contributed by atoms with van der Waals surface area (Å²) in [7, 11) is 1.83. The smallest absolute Gasteiger partial charge is 0.416 e. The molecule has 0 aliphatic heterocycles. The number of carbonyl (C=O) groups excluding carboxylic acids is 1. The van der Waals surface area contributed by atoms with Gasteiger partial charge in [-0.25, -0.2) is 4.79 Å². The van der Waals surface area contributed by atoms with E-state index < -0.39 is 23.4 Å². The number of hydrogen-bond donors (Lipinski definition) is 2. The predicted octanol–water partition coefficient (Wildman–Crippen LogP) is 4.35. The molecule has 2 N–H and O–H groups in total. The SMILES string of the molecule is CNC1(Cc2ccc(C(F)(F)F)cc2NC(=O)OC(C)(C)C)CC1. The minimum Gasteiger partial charge on any atom is -0.444 e. The maximum absolute atomic E-state index is 13.0. The zero-order chi connectivity index (χ0) is 18.2. The Morgan fingerprint density at radius 1 is 1.25 bits per heavy atom. The molecule has 134 valence electrons. The second kappa shape index (κ2) is 6.27. The van der Waals surface area contributed by atoms with Gasteiger partial charge in [0.25, 0.3) is 0 Å².